The average molecular weight is 311 g/mol. The molecule has 0 fully saturated rings. The number of nitrogens with two attached hydrogens (primary N) is 1. The minimum atomic E-state index is -0.290. The van der Waals surface area contributed by atoms with Gasteiger partial charge in [-0.1, -0.05) is 23.2 Å². The number of nitrogens with one attached hydrogen (secondary N) is 1. The first-order valence-electron chi connectivity index (χ1n) is 5.78. The Bertz CT molecular complexity index is 615. The first-order chi connectivity index (χ1) is 9.54. The van der Waals surface area contributed by atoms with E-state index >= 15 is 0 Å². The van der Waals surface area contributed by atoms with Crippen molar-refractivity contribution in [3.05, 3.63) is 52.5 Å². The molecule has 0 unspecified atom stereocenters. The van der Waals surface area contributed by atoms with Crippen molar-refractivity contribution in [1.82, 2.24) is 0 Å². The molecule has 2 rings (SSSR count). The maximum Gasteiger partial charge on any atom is 0.262 e. The molecule has 2 aromatic rings. The zero-order valence-corrected chi connectivity index (χ0v) is 11.9. The van der Waals surface area contributed by atoms with Crippen molar-refractivity contribution in [3.8, 4) is 5.75 Å². The van der Waals surface area contributed by atoms with Crippen LogP contribution in [-0.4, -0.2) is 12.5 Å². The van der Waals surface area contributed by atoms with Crippen LogP contribution in [-0.2, 0) is 4.79 Å². The second kappa shape index (κ2) is 6.50. The van der Waals surface area contributed by atoms with Crippen LogP contribution in [0.15, 0.2) is 42.5 Å². The molecule has 0 atom stereocenters. The van der Waals surface area contributed by atoms with Crippen molar-refractivity contribution in [3.63, 3.8) is 0 Å². The highest BCUT2D eigenvalue weighted by atomic mass is 35.5. The fourth-order valence-electron chi connectivity index (χ4n) is 1.52. The van der Waals surface area contributed by atoms with E-state index in [4.69, 9.17) is 33.7 Å². The highest BCUT2D eigenvalue weighted by Gasteiger charge is 2.06. The Morgan fingerprint density at radius 2 is 1.75 bits per heavy atom. The van der Waals surface area contributed by atoms with Crippen LogP contribution in [0.3, 0.4) is 0 Å². The van der Waals surface area contributed by atoms with E-state index in [-0.39, 0.29) is 12.5 Å². The number of carbonyl (C=O) groups excluding carboxylic acids is 1. The Morgan fingerprint density at radius 1 is 1.10 bits per heavy atom. The summed E-state index contributed by atoms with van der Waals surface area (Å²) >= 11 is 11.5. The number of rotatable bonds is 4. The van der Waals surface area contributed by atoms with Crippen LogP contribution < -0.4 is 15.8 Å². The minimum absolute atomic E-state index is 0.144. The van der Waals surface area contributed by atoms with Crippen molar-refractivity contribution in [1.29, 1.82) is 0 Å². The standard InChI is InChI=1S/C14H12Cl2N2O2/c15-9-1-4-11(5-2-9)18-14(19)8-20-13-6-3-10(16)7-12(13)17/h1-7H,8,17H2,(H,18,19). The van der Waals surface area contributed by atoms with E-state index in [2.05, 4.69) is 5.32 Å². The molecule has 0 aliphatic rings. The number of benzene rings is 2. The van der Waals surface area contributed by atoms with Gasteiger partial charge in [0, 0.05) is 15.7 Å². The summed E-state index contributed by atoms with van der Waals surface area (Å²) in [6, 6.07) is 11.6. The fourth-order valence-corrected chi connectivity index (χ4v) is 1.83. The van der Waals surface area contributed by atoms with Gasteiger partial charge in [-0.3, -0.25) is 4.79 Å². The normalized spacial score (nSPS) is 10.1. The zero-order chi connectivity index (χ0) is 14.5. The van der Waals surface area contributed by atoms with Gasteiger partial charge in [0.1, 0.15) is 5.75 Å². The van der Waals surface area contributed by atoms with E-state index in [1.54, 1.807) is 42.5 Å². The maximum atomic E-state index is 11.7. The Balaban J connectivity index is 1.90. The van der Waals surface area contributed by atoms with E-state index in [1.165, 1.54) is 0 Å². The Hall–Kier alpha value is -1.91. The smallest absolute Gasteiger partial charge is 0.262 e. The second-order valence-electron chi connectivity index (χ2n) is 4.03. The molecular weight excluding hydrogens is 299 g/mol. The number of hydrogen-bond donors (Lipinski definition) is 2. The third kappa shape index (κ3) is 4.05. The third-order valence-electron chi connectivity index (χ3n) is 2.46. The van der Waals surface area contributed by atoms with Crippen LogP contribution in [0.4, 0.5) is 11.4 Å². The van der Waals surface area contributed by atoms with Crippen LogP contribution in [0.5, 0.6) is 5.75 Å². The molecule has 20 heavy (non-hydrogen) atoms. The number of nitrogen functional groups attached to an aromatic ring is 1. The Morgan fingerprint density at radius 3 is 2.40 bits per heavy atom. The third-order valence-corrected chi connectivity index (χ3v) is 2.95. The van der Waals surface area contributed by atoms with E-state index in [0.717, 1.165) is 0 Å². The lowest BCUT2D eigenvalue weighted by molar-refractivity contribution is -0.118. The zero-order valence-electron chi connectivity index (χ0n) is 10.4. The second-order valence-corrected chi connectivity index (χ2v) is 4.90. The fraction of sp³-hybridized carbons (Fsp3) is 0.0714. The highest BCUT2D eigenvalue weighted by Crippen LogP contribution is 2.24. The molecule has 0 saturated heterocycles. The number of carbonyl (C=O) groups is 1. The molecule has 0 heterocycles. The molecule has 0 saturated carbocycles. The monoisotopic (exact) mass is 310 g/mol. The summed E-state index contributed by atoms with van der Waals surface area (Å²) in [6.07, 6.45) is 0. The van der Waals surface area contributed by atoms with Crippen molar-refractivity contribution in [2.45, 2.75) is 0 Å². The van der Waals surface area contributed by atoms with Crippen molar-refractivity contribution in [2.24, 2.45) is 0 Å². The van der Waals surface area contributed by atoms with Crippen molar-refractivity contribution in [2.75, 3.05) is 17.7 Å². The van der Waals surface area contributed by atoms with Gasteiger partial charge in [-0.2, -0.15) is 0 Å². The van der Waals surface area contributed by atoms with E-state index in [0.29, 0.717) is 27.2 Å². The summed E-state index contributed by atoms with van der Waals surface area (Å²) in [5, 5.41) is 3.80. The van der Waals surface area contributed by atoms with Crippen molar-refractivity contribution >= 4 is 40.5 Å². The van der Waals surface area contributed by atoms with Crippen LogP contribution in [0, 0.1) is 0 Å². The lowest BCUT2D eigenvalue weighted by Gasteiger charge is -2.09. The molecule has 1 amide bonds. The maximum absolute atomic E-state index is 11.7. The van der Waals surface area contributed by atoms with Crippen LogP contribution in [0.1, 0.15) is 0 Å². The number of amides is 1. The van der Waals surface area contributed by atoms with Gasteiger partial charge in [0.15, 0.2) is 6.61 Å². The lowest BCUT2D eigenvalue weighted by Crippen LogP contribution is -2.20. The van der Waals surface area contributed by atoms with Crippen LogP contribution in [0.2, 0.25) is 10.0 Å². The quantitative estimate of drug-likeness (QED) is 0.848. The Kier molecular flexibility index (Phi) is 4.71. The molecule has 6 heteroatoms. The van der Waals surface area contributed by atoms with Gasteiger partial charge in [0.25, 0.3) is 5.91 Å². The Labute approximate surface area is 126 Å². The predicted octanol–water partition coefficient (Wildman–Crippen LogP) is 3.59. The topological polar surface area (TPSA) is 64.3 Å². The molecule has 104 valence electrons. The van der Waals surface area contributed by atoms with Gasteiger partial charge in [-0.05, 0) is 42.5 Å². The summed E-state index contributed by atoms with van der Waals surface area (Å²) in [6.45, 7) is -0.144. The van der Waals surface area contributed by atoms with Gasteiger partial charge in [-0.15, -0.1) is 0 Å². The van der Waals surface area contributed by atoms with Crippen molar-refractivity contribution < 1.29 is 9.53 Å². The summed E-state index contributed by atoms with van der Waals surface area (Å²) in [5.74, 6) is 0.127. The van der Waals surface area contributed by atoms with Gasteiger partial charge >= 0.3 is 0 Å². The highest BCUT2D eigenvalue weighted by molar-refractivity contribution is 6.31. The number of halogens is 2. The first-order valence-corrected chi connectivity index (χ1v) is 6.53. The van der Waals surface area contributed by atoms with E-state index in [1.807, 2.05) is 0 Å². The summed E-state index contributed by atoms with van der Waals surface area (Å²) in [4.78, 5) is 11.7. The van der Waals surface area contributed by atoms with Gasteiger partial charge < -0.3 is 15.8 Å². The molecule has 0 aliphatic heterocycles. The number of anilines is 2. The molecule has 4 nitrogen and oxygen atoms in total. The molecule has 0 aromatic heterocycles. The molecule has 0 aliphatic carbocycles. The van der Waals surface area contributed by atoms with E-state index in [9.17, 15) is 4.79 Å². The summed E-state index contributed by atoms with van der Waals surface area (Å²) in [5.41, 5.74) is 6.75. The van der Waals surface area contributed by atoms with Crippen LogP contribution in [0.25, 0.3) is 0 Å². The predicted molar refractivity (Wildman–Crippen MR) is 81.4 cm³/mol. The molecule has 0 bridgehead atoms. The first kappa shape index (κ1) is 14.5. The largest absolute Gasteiger partial charge is 0.482 e. The summed E-state index contributed by atoms with van der Waals surface area (Å²) < 4.78 is 5.33. The molecule has 3 N–H and O–H groups in total. The molecule has 0 spiro atoms. The van der Waals surface area contributed by atoms with Gasteiger partial charge in [-0.25, -0.2) is 0 Å². The van der Waals surface area contributed by atoms with Gasteiger partial charge in [0.2, 0.25) is 0 Å². The minimum Gasteiger partial charge on any atom is -0.482 e. The molecular formula is C14H12Cl2N2O2. The van der Waals surface area contributed by atoms with Gasteiger partial charge in [0.05, 0.1) is 5.69 Å². The molecule has 0 radical (unpaired) electrons. The number of hydrogen-bond acceptors (Lipinski definition) is 3. The average Bonchev–Trinajstić information content (AvgIpc) is 2.40. The van der Waals surface area contributed by atoms with E-state index < -0.39 is 0 Å². The summed E-state index contributed by atoms with van der Waals surface area (Å²) in [7, 11) is 0. The van der Waals surface area contributed by atoms with Crippen LogP contribution >= 0.6 is 23.2 Å². The number of ether oxygens (including phenoxy) is 1. The SMILES string of the molecule is Nc1cc(Cl)ccc1OCC(=O)Nc1ccc(Cl)cc1. The molecule has 2 aromatic carbocycles. The lowest BCUT2D eigenvalue weighted by atomic mass is 10.3.